The highest BCUT2D eigenvalue weighted by Crippen LogP contribution is 2.33. The summed E-state index contributed by atoms with van der Waals surface area (Å²) in [5.74, 6) is 5.32. The predicted octanol–water partition coefficient (Wildman–Crippen LogP) is 1.04. The van der Waals surface area contributed by atoms with Crippen LogP contribution in [0.25, 0.3) is 0 Å². The Labute approximate surface area is 63.7 Å². The Morgan fingerprint density at radius 1 is 1.36 bits per heavy atom. The van der Waals surface area contributed by atoms with Crippen LogP contribution in [0.3, 0.4) is 0 Å². The van der Waals surface area contributed by atoms with Crippen LogP contribution >= 0.6 is 0 Å². The number of rotatable bonds is 0. The number of hydrogen-bond acceptors (Lipinski definition) is 3. The molecule has 1 aliphatic rings. The second-order valence-corrected chi connectivity index (χ2v) is 2.44. The summed E-state index contributed by atoms with van der Waals surface area (Å²) in [6, 6.07) is 7.03. The van der Waals surface area contributed by atoms with Crippen molar-refractivity contribution in [1.82, 2.24) is 4.76 Å². The summed E-state index contributed by atoms with van der Waals surface area (Å²) in [6.45, 7) is 0. The van der Waals surface area contributed by atoms with Gasteiger partial charge in [0.1, 0.15) is 5.69 Å². The molecule has 0 amide bonds. The molecule has 0 bridgehead atoms. The van der Waals surface area contributed by atoms with Crippen LogP contribution < -0.4 is 10.6 Å². The van der Waals surface area contributed by atoms with E-state index in [1.807, 2.05) is 6.07 Å². The van der Waals surface area contributed by atoms with E-state index in [0.717, 1.165) is 0 Å². The Hall–Kier alpha value is -1.23. The number of hydrogen-bond donors (Lipinski definition) is 1. The van der Waals surface area contributed by atoms with Crippen molar-refractivity contribution in [2.24, 2.45) is 10.8 Å². The van der Waals surface area contributed by atoms with Crippen molar-refractivity contribution in [3.63, 3.8) is 0 Å². The molecule has 4 nitrogen and oxygen atoms in total. The molecule has 56 valence electrons. The van der Waals surface area contributed by atoms with Gasteiger partial charge in [0.05, 0.1) is 0 Å². The van der Waals surface area contributed by atoms with Gasteiger partial charge in [0.2, 0.25) is 6.34 Å². The quantitative estimate of drug-likeness (QED) is 0.340. The fraction of sp³-hybridized carbons (Fsp3) is 0. The van der Waals surface area contributed by atoms with Gasteiger partial charge in [-0.25, -0.2) is 4.76 Å². The summed E-state index contributed by atoms with van der Waals surface area (Å²) < 4.78 is -0.990. The van der Waals surface area contributed by atoms with Gasteiger partial charge in [0.25, 0.3) is 0 Å². The highest BCUT2D eigenvalue weighted by atomic mass is 16.6. The number of nitrogens with zero attached hydrogens (tertiary/aromatic N) is 2. The second kappa shape index (κ2) is 1.88. The van der Waals surface area contributed by atoms with E-state index in [-0.39, 0.29) is 0 Å². The minimum atomic E-state index is -0.990. The Morgan fingerprint density at radius 2 is 2.09 bits per heavy atom. The highest BCUT2D eigenvalue weighted by Gasteiger charge is 2.23. The van der Waals surface area contributed by atoms with Gasteiger partial charge in [-0.3, -0.25) is 0 Å². The van der Waals surface area contributed by atoms with E-state index in [1.54, 1.807) is 18.2 Å². The maximum atomic E-state index is 11.3. The van der Waals surface area contributed by atoms with Crippen LogP contribution in [0, 0.1) is 5.21 Å². The fourth-order valence-corrected chi connectivity index (χ4v) is 1.08. The zero-order valence-corrected chi connectivity index (χ0v) is 5.77. The maximum absolute atomic E-state index is 11.3. The van der Waals surface area contributed by atoms with Crippen molar-refractivity contribution < 1.29 is 0 Å². The van der Waals surface area contributed by atoms with Crippen molar-refractivity contribution in [2.75, 3.05) is 0 Å². The van der Waals surface area contributed by atoms with Crippen LogP contribution in [0.2, 0.25) is 0 Å². The van der Waals surface area contributed by atoms with E-state index in [4.69, 9.17) is 5.84 Å². The third kappa shape index (κ3) is 0.848. The second-order valence-electron chi connectivity index (χ2n) is 2.44. The largest absolute Gasteiger partial charge is 0.601 e. The molecule has 0 saturated carbocycles. The first-order valence-corrected chi connectivity index (χ1v) is 3.23. The van der Waals surface area contributed by atoms with E-state index >= 15 is 0 Å². The van der Waals surface area contributed by atoms with Gasteiger partial charge in [0.15, 0.2) is 5.69 Å². The van der Waals surface area contributed by atoms with Crippen LogP contribution in [0.1, 0.15) is 0 Å². The lowest BCUT2D eigenvalue weighted by molar-refractivity contribution is 0.604. The van der Waals surface area contributed by atoms with Gasteiger partial charge in [-0.1, -0.05) is 12.1 Å². The molecule has 0 saturated heterocycles. The van der Waals surface area contributed by atoms with Crippen molar-refractivity contribution in [3.05, 3.63) is 29.5 Å². The number of nitrogens with two attached hydrogens (primary N) is 1. The lowest BCUT2D eigenvalue weighted by Gasteiger charge is -2.26. The molecule has 11 heavy (non-hydrogen) atoms. The molecule has 2 rings (SSSR count). The van der Waals surface area contributed by atoms with Crippen LogP contribution in [-0.4, -0.2) is 6.34 Å². The first-order chi connectivity index (χ1) is 5.20. The highest BCUT2D eigenvalue weighted by molar-refractivity contribution is 5.88. The molecule has 0 aliphatic carbocycles. The first-order valence-electron chi connectivity index (χ1n) is 3.23. The first kappa shape index (κ1) is 6.48. The van der Waals surface area contributed by atoms with E-state index in [0.29, 0.717) is 11.4 Å². The fourth-order valence-electron chi connectivity index (χ4n) is 1.08. The number of hydroxylamine groups is 1. The number of aliphatic imine (C=N–C) groups is 1. The third-order valence-electron chi connectivity index (χ3n) is 1.63. The van der Waals surface area contributed by atoms with Gasteiger partial charge < -0.3 is 5.21 Å². The average Bonchev–Trinajstić information content (AvgIpc) is 2.29. The van der Waals surface area contributed by atoms with E-state index < -0.39 is 4.76 Å². The topological polar surface area (TPSA) is 61.4 Å². The standard InChI is InChI=1S/C7H7N3O/c8-10(11)5-9-6-3-1-2-4-7(6)10/h1-5H,8H2. The van der Waals surface area contributed by atoms with Crippen LogP contribution in [-0.2, 0) is 0 Å². The molecule has 4 heteroatoms. The zero-order chi connectivity index (χ0) is 7.90. The Morgan fingerprint density at radius 3 is 2.82 bits per heavy atom. The van der Waals surface area contributed by atoms with E-state index in [9.17, 15) is 5.21 Å². The summed E-state index contributed by atoms with van der Waals surface area (Å²) >= 11 is 0. The van der Waals surface area contributed by atoms with E-state index in [2.05, 4.69) is 4.99 Å². The van der Waals surface area contributed by atoms with Gasteiger partial charge >= 0.3 is 0 Å². The molecule has 0 spiro atoms. The number of fused-ring (bicyclic) bond motifs is 1. The summed E-state index contributed by atoms with van der Waals surface area (Å²) in [6.07, 6.45) is 1.17. The average molecular weight is 149 g/mol. The van der Waals surface area contributed by atoms with Gasteiger partial charge in [-0.05, 0) is 6.07 Å². The third-order valence-corrected chi connectivity index (χ3v) is 1.63. The molecule has 1 heterocycles. The summed E-state index contributed by atoms with van der Waals surface area (Å²) in [5.41, 5.74) is 1.15. The lowest BCUT2D eigenvalue weighted by atomic mass is 10.3. The normalized spacial score (nSPS) is 27.1. The minimum Gasteiger partial charge on any atom is -0.601 e. The Balaban J connectivity index is 2.64. The molecule has 0 fully saturated rings. The summed E-state index contributed by atoms with van der Waals surface area (Å²) in [7, 11) is 0. The molecule has 0 aromatic heterocycles. The summed E-state index contributed by atoms with van der Waals surface area (Å²) in [5, 5.41) is 11.3. The Bertz CT molecular complexity index is 319. The molecule has 1 aromatic rings. The van der Waals surface area contributed by atoms with E-state index in [1.165, 1.54) is 6.34 Å². The molecule has 1 aromatic carbocycles. The number of benzene rings is 1. The molecule has 1 unspecified atom stereocenters. The Kier molecular flexibility index (Phi) is 1.11. The molecule has 0 radical (unpaired) electrons. The summed E-state index contributed by atoms with van der Waals surface area (Å²) in [4.78, 5) is 3.86. The van der Waals surface area contributed by atoms with Crippen LogP contribution in [0.4, 0.5) is 11.4 Å². The van der Waals surface area contributed by atoms with Crippen LogP contribution in [0.15, 0.2) is 29.3 Å². The predicted molar refractivity (Wildman–Crippen MR) is 43.9 cm³/mol. The molecular formula is C7H7N3O. The molecule has 2 N–H and O–H groups in total. The lowest BCUT2D eigenvalue weighted by Crippen LogP contribution is -2.47. The zero-order valence-electron chi connectivity index (χ0n) is 5.77. The smallest absolute Gasteiger partial charge is 0.215 e. The number of para-hydroxylation sites is 2. The van der Waals surface area contributed by atoms with Crippen molar-refractivity contribution in [1.29, 1.82) is 0 Å². The molecule has 1 atom stereocenters. The van der Waals surface area contributed by atoms with Crippen molar-refractivity contribution >= 4 is 17.7 Å². The van der Waals surface area contributed by atoms with Crippen molar-refractivity contribution in [3.8, 4) is 0 Å². The maximum Gasteiger partial charge on any atom is 0.215 e. The van der Waals surface area contributed by atoms with Gasteiger partial charge in [0, 0.05) is 6.07 Å². The van der Waals surface area contributed by atoms with Crippen LogP contribution in [0.5, 0.6) is 0 Å². The number of quaternary nitrogens is 1. The van der Waals surface area contributed by atoms with Gasteiger partial charge in [-0.15, -0.1) is 0 Å². The van der Waals surface area contributed by atoms with Crippen molar-refractivity contribution in [2.45, 2.75) is 0 Å². The monoisotopic (exact) mass is 149 g/mol. The minimum absolute atomic E-state index is 0.493. The SMILES string of the molecule is N[N+]1([O-])C=Nc2ccccc21. The molecule has 1 aliphatic heterocycles. The van der Waals surface area contributed by atoms with Gasteiger partial charge in [-0.2, -0.15) is 10.8 Å². The molecular weight excluding hydrogens is 142 g/mol.